The molecule has 0 bridgehead atoms. The summed E-state index contributed by atoms with van der Waals surface area (Å²) in [6.07, 6.45) is 0.699. The lowest BCUT2D eigenvalue weighted by Gasteiger charge is -2.31. The Labute approximate surface area is 87.2 Å². The SMILES string of the molecule is CN1CCN(CCC(=O)I)CC1. The predicted molar refractivity (Wildman–Crippen MR) is 57.6 cm³/mol. The number of carbonyl (C=O) groups excluding carboxylic acids is 1. The summed E-state index contributed by atoms with van der Waals surface area (Å²) in [5, 5.41) is 0. The zero-order valence-corrected chi connectivity index (χ0v) is 9.58. The molecule has 0 aromatic carbocycles. The molecular weight excluding hydrogens is 267 g/mol. The summed E-state index contributed by atoms with van der Waals surface area (Å²) in [6, 6.07) is 0. The van der Waals surface area contributed by atoms with E-state index in [-0.39, 0.29) is 3.79 Å². The van der Waals surface area contributed by atoms with Crippen molar-refractivity contribution in [3.05, 3.63) is 0 Å². The van der Waals surface area contributed by atoms with Gasteiger partial charge in [-0.25, -0.2) is 0 Å². The van der Waals surface area contributed by atoms with Crippen LogP contribution in [0.1, 0.15) is 6.42 Å². The molecule has 0 atom stereocenters. The van der Waals surface area contributed by atoms with E-state index < -0.39 is 0 Å². The Bertz CT molecular complexity index is 155. The van der Waals surface area contributed by atoms with Gasteiger partial charge in [0.2, 0.25) is 0 Å². The maximum absolute atomic E-state index is 10.7. The van der Waals surface area contributed by atoms with Gasteiger partial charge in [0.1, 0.15) is 0 Å². The monoisotopic (exact) mass is 282 g/mol. The highest BCUT2D eigenvalue weighted by molar-refractivity contribution is 14.1. The fourth-order valence-corrected chi connectivity index (χ4v) is 1.56. The highest BCUT2D eigenvalue weighted by Crippen LogP contribution is 2.01. The third-order valence-corrected chi connectivity index (χ3v) is 2.76. The number of hydrogen-bond acceptors (Lipinski definition) is 3. The van der Waals surface area contributed by atoms with Crippen LogP contribution in [0.4, 0.5) is 0 Å². The summed E-state index contributed by atoms with van der Waals surface area (Å²) in [6.45, 7) is 5.43. The van der Waals surface area contributed by atoms with E-state index in [1.165, 1.54) is 0 Å². The van der Waals surface area contributed by atoms with Gasteiger partial charge in [-0.15, -0.1) is 0 Å². The van der Waals surface area contributed by atoms with Crippen molar-refractivity contribution in [1.82, 2.24) is 9.80 Å². The van der Waals surface area contributed by atoms with Crippen molar-refractivity contribution >= 4 is 26.4 Å². The molecule has 1 aliphatic rings. The third-order valence-electron chi connectivity index (χ3n) is 2.22. The van der Waals surface area contributed by atoms with E-state index in [1.807, 2.05) is 22.6 Å². The van der Waals surface area contributed by atoms with E-state index in [2.05, 4.69) is 16.8 Å². The van der Waals surface area contributed by atoms with Gasteiger partial charge in [-0.3, -0.25) is 4.79 Å². The Kier molecular flexibility index (Phi) is 4.45. The molecule has 0 N–H and O–H groups in total. The van der Waals surface area contributed by atoms with E-state index in [9.17, 15) is 4.79 Å². The van der Waals surface area contributed by atoms with E-state index >= 15 is 0 Å². The molecule has 0 aromatic rings. The molecule has 0 unspecified atom stereocenters. The molecule has 0 aromatic heterocycles. The molecule has 12 heavy (non-hydrogen) atoms. The molecule has 0 radical (unpaired) electrons. The highest BCUT2D eigenvalue weighted by atomic mass is 127. The largest absolute Gasteiger partial charge is 0.304 e. The zero-order valence-electron chi connectivity index (χ0n) is 7.42. The Hall–Kier alpha value is 0.320. The molecule has 0 aliphatic carbocycles. The minimum atomic E-state index is 0.270. The van der Waals surface area contributed by atoms with E-state index in [4.69, 9.17) is 0 Å². The average Bonchev–Trinajstić information content (AvgIpc) is 2.03. The first-order valence-corrected chi connectivity index (χ1v) is 5.35. The van der Waals surface area contributed by atoms with Crippen LogP contribution in [0.3, 0.4) is 0 Å². The minimum Gasteiger partial charge on any atom is -0.304 e. The van der Waals surface area contributed by atoms with Gasteiger partial charge in [0, 0.05) is 39.1 Å². The molecule has 3 nitrogen and oxygen atoms in total. The molecule has 1 rings (SSSR count). The fraction of sp³-hybridized carbons (Fsp3) is 0.875. The summed E-state index contributed by atoms with van der Waals surface area (Å²) in [4.78, 5) is 15.4. The van der Waals surface area contributed by atoms with Gasteiger partial charge in [0.15, 0.2) is 3.79 Å². The van der Waals surface area contributed by atoms with Crippen LogP contribution in [0.25, 0.3) is 0 Å². The van der Waals surface area contributed by atoms with Crippen molar-refractivity contribution in [1.29, 1.82) is 0 Å². The molecule has 1 fully saturated rings. The molecule has 4 heteroatoms. The molecule has 1 aliphatic heterocycles. The summed E-state index contributed by atoms with van der Waals surface area (Å²) >= 11 is 1.87. The van der Waals surface area contributed by atoms with Crippen LogP contribution < -0.4 is 0 Å². The van der Waals surface area contributed by atoms with E-state index in [1.54, 1.807) is 0 Å². The quantitative estimate of drug-likeness (QED) is 0.559. The first-order valence-electron chi connectivity index (χ1n) is 4.28. The van der Waals surface area contributed by atoms with Crippen LogP contribution in [0.2, 0.25) is 0 Å². The van der Waals surface area contributed by atoms with Crippen LogP contribution in [0, 0.1) is 0 Å². The standard InChI is InChI=1S/C8H15IN2O/c1-10-4-6-11(7-5-10)3-2-8(9)12/h2-7H2,1H3. The van der Waals surface area contributed by atoms with Crippen molar-refractivity contribution in [2.24, 2.45) is 0 Å². The van der Waals surface area contributed by atoms with Crippen molar-refractivity contribution in [2.75, 3.05) is 39.8 Å². The second-order valence-corrected chi connectivity index (χ2v) is 4.45. The number of likely N-dealkylation sites (N-methyl/N-ethyl adjacent to an activating group) is 1. The molecule has 0 saturated carbocycles. The Morgan fingerprint density at radius 3 is 2.42 bits per heavy atom. The summed E-state index contributed by atoms with van der Waals surface area (Å²) in [7, 11) is 2.14. The zero-order chi connectivity index (χ0) is 8.97. The lowest BCUT2D eigenvalue weighted by molar-refractivity contribution is -0.109. The lowest BCUT2D eigenvalue weighted by Crippen LogP contribution is -2.44. The van der Waals surface area contributed by atoms with Gasteiger partial charge in [-0.05, 0) is 29.6 Å². The summed E-state index contributed by atoms with van der Waals surface area (Å²) < 4.78 is 0.270. The van der Waals surface area contributed by atoms with Crippen molar-refractivity contribution in [3.63, 3.8) is 0 Å². The number of piperazine rings is 1. The lowest BCUT2D eigenvalue weighted by atomic mass is 10.3. The van der Waals surface area contributed by atoms with E-state index in [0.717, 1.165) is 32.7 Å². The van der Waals surface area contributed by atoms with Crippen molar-refractivity contribution in [3.8, 4) is 0 Å². The second kappa shape index (κ2) is 5.14. The van der Waals surface area contributed by atoms with Crippen LogP contribution in [-0.4, -0.2) is 53.4 Å². The molecule has 0 spiro atoms. The molecule has 0 amide bonds. The maximum Gasteiger partial charge on any atom is 0.193 e. The highest BCUT2D eigenvalue weighted by Gasteiger charge is 2.13. The first-order chi connectivity index (χ1) is 5.68. The number of carbonyl (C=O) groups is 1. The molecule has 1 heterocycles. The van der Waals surface area contributed by atoms with Crippen LogP contribution in [-0.2, 0) is 4.79 Å². The summed E-state index contributed by atoms with van der Waals surface area (Å²) in [5.41, 5.74) is 0. The summed E-state index contributed by atoms with van der Waals surface area (Å²) in [5.74, 6) is 0. The number of rotatable bonds is 3. The van der Waals surface area contributed by atoms with Gasteiger partial charge in [-0.2, -0.15) is 0 Å². The van der Waals surface area contributed by atoms with E-state index in [0.29, 0.717) is 6.42 Å². The third kappa shape index (κ3) is 3.82. The topological polar surface area (TPSA) is 23.6 Å². The molecular formula is C8H15IN2O. The van der Waals surface area contributed by atoms with Gasteiger partial charge in [0.25, 0.3) is 0 Å². The Morgan fingerprint density at radius 2 is 1.92 bits per heavy atom. The smallest absolute Gasteiger partial charge is 0.193 e. The van der Waals surface area contributed by atoms with Gasteiger partial charge >= 0.3 is 0 Å². The Morgan fingerprint density at radius 1 is 1.33 bits per heavy atom. The number of nitrogens with zero attached hydrogens (tertiary/aromatic N) is 2. The predicted octanol–water partition coefficient (Wildman–Crippen LogP) is 0.585. The van der Waals surface area contributed by atoms with Gasteiger partial charge < -0.3 is 9.80 Å². The normalized spacial score (nSPS) is 21.2. The molecule has 70 valence electrons. The number of hydrogen-bond donors (Lipinski definition) is 0. The van der Waals surface area contributed by atoms with Crippen molar-refractivity contribution < 1.29 is 4.79 Å². The van der Waals surface area contributed by atoms with Crippen LogP contribution in [0.5, 0.6) is 0 Å². The maximum atomic E-state index is 10.7. The average molecular weight is 282 g/mol. The molecule has 1 saturated heterocycles. The first kappa shape index (κ1) is 10.4. The second-order valence-electron chi connectivity index (χ2n) is 3.25. The van der Waals surface area contributed by atoms with Crippen LogP contribution in [0.15, 0.2) is 0 Å². The number of halogens is 1. The van der Waals surface area contributed by atoms with Gasteiger partial charge in [0.05, 0.1) is 0 Å². The minimum absolute atomic E-state index is 0.270. The van der Waals surface area contributed by atoms with Gasteiger partial charge in [-0.1, -0.05) is 0 Å². The Balaban J connectivity index is 2.13. The van der Waals surface area contributed by atoms with Crippen molar-refractivity contribution in [2.45, 2.75) is 6.42 Å². The fourth-order valence-electron chi connectivity index (χ4n) is 1.32. The van der Waals surface area contributed by atoms with Crippen LogP contribution >= 0.6 is 22.6 Å².